The molecule has 0 aromatic heterocycles. The summed E-state index contributed by atoms with van der Waals surface area (Å²) in [5.74, 6) is -0.364. The molecule has 1 unspecified atom stereocenters. The maximum Gasteiger partial charge on any atom is 0.417 e. The van der Waals surface area contributed by atoms with Crippen molar-refractivity contribution >= 4 is 50.5 Å². The molecule has 0 aliphatic carbocycles. The topological polar surface area (TPSA) is 47.3 Å². The van der Waals surface area contributed by atoms with Crippen LogP contribution in [0.1, 0.15) is 23.1 Å². The van der Waals surface area contributed by atoms with Crippen LogP contribution in [-0.4, -0.2) is 17.1 Å². The molecule has 9 heteroatoms. The van der Waals surface area contributed by atoms with Crippen molar-refractivity contribution in [2.24, 2.45) is 0 Å². The lowest BCUT2D eigenvalue weighted by atomic mass is 9.97. The van der Waals surface area contributed by atoms with Crippen molar-refractivity contribution < 1.29 is 18.0 Å². The molecule has 2 aliphatic heterocycles. The number of hydrogen-bond donors (Lipinski definition) is 0. The van der Waals surface area contributed by atoms with Gasteiger partial charge in [0.05, 0.1) is 22.9 Å². The first-order valence-corrected chi connectivity index (χ1v) is 9.49. The fourth-order valence-electron chi connectivity index (χ4n) is 3.64. The van der Waals surface area contributed by atoms with Gasteiger partial charge in [-0.3, -0.25) is 9.69 Å². The number of carbonyl (C=O) groups excluding carboxylic acids is 1. The minimum Gasteiger partial charge on any atom is -0.305 e. The Bertz CT molecular complexity index is 1060. The van der Waals surface area contributed by atoms with Crippen LogP contribution in [0, 0.1) is 11.3 Å². The number of thiocarbonyl (C=S) groups is 1. The van der Waals surface area contributed by atoms with E-state index in [0.29, 0.717) is 12.8 Å². The van der Waals surface area contributed by atoms with Gasteiger partial charge >= 0.3 is 6.18 Å². The van der Waals surface area contributed by atoms with Crippen molar-refractivity contribution in [3.8, 4) is 6.07 Å². The number of nitriles is 1. The van der Waals surface area contributed by atoms with Crippen LogP contribution in [-0.2, 0) is 17.4 Å². The summed E-state index contributed by atoms with van der Waals surface area (Å²) in [6.45, 7) is 0. The van der Waals surface area contributed by atoms with Gasteiger partial charge in [0, 0.05) is 10.2 Å². The molecular weight excluding hydrogens is 455 g/mol. The van der Waals surface area contributed by atoms with Crippen LogP contribution in [0.3, 0.4) is 0 Å². The molecule has 1 amide bonds. The second-order valence-electron chi connectivity index (χ2n) is 6.49. The molecule has 4 rings (SSSR count). The van der Waals surface area contributed by atoms with E-state index in [0.717, 1.165) is 32.8 Å². The number of anilines is 2. The average molecular weight is 466 g/mol. The molecule has 0 N–H and O–H groups in total. The van der Waals surface area contributed by atoms with Gasteiger partial charge in [-0.15, -0.1) is 0 Å². The van der Waals surface area contributed by atoms with Crippen LogP contribution in [0.4, 0.5) is 24.5 Å². The Balaban J connectivity index is 1.79. The van der Waals surface area contributed by atoms with E-state index in [1.165, 1.54) is 12.1 Å². The third-order valence-corrected chi connectivity index (χ3v) is 5.76. The maximum absolute atomic E-state index is 13.3. The van der Waals surface area contributed by atoms with Crippen LogP contribution in [0.25, 0.3) is 0 Å². The molecule has 1 fully saturated rings. The summed E-state index contributed by atoms with van der Waals surface area (Å²) in [4.78, 5) is 15.8. The van der Waals surface area contributed by atoms with Crippen LogP contribution in [0.15, 0.2) is 40.9 Å². The van der Waals surface area contributed by atoms with E-state index in [-0.39, 0.29) is 16.7 Å². The Hall–Kier alpha value is -2.44. The number of fused-ring (bicyclic) bond motifs is 3. The summed E-state index contributed by atoms with van der Waals surface area (Å²) in [5, 5.41) is 9.11. The number of aryl methyl sites for hydroxylation is 1. The molecule has 1 saturated heterocycles. The number of amides is 1. The van der Waals surface area contributed by atoms with E-state index in [1.807, 2.05) is 18.2 Å². The lowest BCUT2D eigenvalue weighted by molar-refractivity contribution is -0.137. The van der Waals surface area contributed by atoms with E-state index < -0.39 is 23.3 Å². The van der Waals surface area contributed by atoms with Crippen LogP contribution in [0.5, 0.6) is 0 Å². The van der Waals surface area contributed by atoms with Gasteiger partial charge < -0.3 is 4.90 Å². The van der Waals surface area contributed by atoms with Gasteiger partial charge in [0.2, 0.25) is 0 Å². The molecule has 0 bridgehead atoms. The van der Waals surface area contributed by atoms with Crippen molar-refractivity contribution in [3.63, 3.8) is 0 Å². The number of alkyl halides is 3. The summed E-state index contributed by atoms with van der Waals surface area (Å²) in [5.41, 5.74) is 0.219. The summed E-state index contributed by atoms with van der Waals surface area (Å²) in [6.07, 6.45) is -3.53. The van der Waals surface area contributed by atoms with E-state index in [1.54, 1.807) is 4.90 Å². The summed E-state index contributed by atoms with van der Waals surface area (Å²) >= 11 is 8.89. The lowest BCUT2D eigenvalue weighted by Crippen LogP contribution is -2.39. The maximum atomic E-state index is 13.3. The van der Waals surface area contributed by atoms with E-state index in [4.69, 9.17) is 17.5 Å². The minimum atomic E-state index is -4.71. The Morgan fingerprint density at radius 2 is 1.96 bits per heavy atom. The Morgan fingerprint density at radius 1 is 1.21 bits per heavy atom. The predicted octanol–water partition coefficient (Wildman–Crippen LogP) is 4.79. The third-order valence-electron chi connectivity index (χ3n) is 4.89. The highest BCUT2D eigenvalue weighted by atomic mass is 79.9. The second kappa shape index (κ2) is 6.57. The number of hydrogen-bond acceptors (Lipinski definition) is 3. The van der Waals surface area contributed by atoms with Crippen LogP contribution >= 0.6 is 28.1 Å². The Morgan fingerprint density at radius 3 is 2.64 bits per heavy atom. The molecule has 2 aromatic carbocycles. The zero-order chi connectivity index (χ0) is 20.2. The number of benzene rings is 2. The smallest absolute Gasteiger partial charge is 0.305 e. The molecule has 0 saturated carbocycles. The quantitative estimate of drug-likeness (QED) is 0.568. The van der Waals surface area contributed by atoms with Crippen molar-refractivity contribution in [2.45, 2.75) is 25.1 Å². The first-order valence-electron chi connectivity index (χ1n) is 8.29. The van der Waals surface area contributed by atoms with Crippen molar-refractivity contribution in [3.05, 3.63) is 57.6 Å². The molecule has 2 heterocycles. The third kappa shape index (κ3) is 2.88. The molecule has 28 heavy (non-hydrogen) atoms. The molecule has 0 radical (unpaired) electrons. The average Bonchev–Trinajstić information content (AvgIpc) is 2.91. The highest BCUT2D eigenvalue weighted by Crippen LogP contribution is 2.40. The van der Waals surface area contributed by atoms with E-state index >= 15 is 0 Å². The van der Waals surface area contributed by atoms with Gasteiger partial charge in [-0.25, -0.2) is 0 Å². The highest BCUT2D eigenvalue weighted by Gasteiger charge is 2.47. The molecular formula is C19H11BrF3N3OS. The Labute approximate surface area is 172 Å². The van der Waals surface area contributed by atoms with E-state index in [9.17, 15) is 18.0 Å². The van der Waals surface area contributed by atoms with Gasteiger partial charge in [-0.1, -0.05) is 15.9 Å². The predicted molar refractivity (Wildman–Crippen MR) is 105 cm³/mol. The zero-order valence-corrected chi connectivity index (χ0v) is 16.5. The summed E-state index contributed by atoms with van der Waals surface area (Å²) in [7, 11) is 0. The molecule has 2 aliphatic rings. The van der Waals surface area contributed by atoms with Crippen molar-refractivity contribution in [2.75, 3.05) is 9.80 Å². The van der Waals surface area contributed by atoms with Gasteiger partial charge in [-0.2, -0.15) is 18.4 Å². The fourth-order valence-corrected chi connectivity index (χ4v) is 4.47. The number of carbonyl (C=O) groups is 1. The molecule has 0 spiro atoms. The first-order chi connectivity index (χ1) is 13.2. The summed E-state index contributed by atoms with van der Waals surface area (Å²) in [6, 6.07) is 9.81. The fraction of sp³-hybridized carbons (Fsp3) is 0.211. The largest absolute Gasteiger partial charge is 0.417 e. The molecule has 2 aromatic rings. The lowest BCUT2D eigenvalue weighted by Gasteiger charge is -2.31. The monoisotopic (exact) mass is 465 g/mol. The SMILES string of the molecule is N#Cc1ccc(N2C(=O)C3CCc4cc(Br)ccc4N3C2=S)cc1C(F)(F)F. The minimum absolute atomic E-state index is 0.00869. The number of rotatable bonds is 1. The van der Waals surface area contributed by atoms with Gasteiger partial charge in [-0.05, 0) is 67.0 Å². The van der Waals surface area contributed by atoms with Crippen molar-refractivity contribution in [1.29, 1.82) is 5.26 Å². The molecule has 1 atom stereocenters. The van der Waals surface area contributed by atoms with Gasteiger partial charge in [0.1, 0.15) is 6.04 Å². The number of nitrogens with zero attached hydrogens (tertiary/aromatic N) is 3. The highest BCUT2D eigenvalue weighted by molar-refractivity contribution is 9.10. The molecule has 4 nitrogen and oxygen atoms in total. The standard InChI is InChI=1S/C19H11BrF3N3OS/c20-12-3-6-15-10(7-12)2-5-16-17(27)25(18(28)26(15)16)13-4-1-11(9-24)14(8-13)19(21,22)23/h1,3-4,6-8,16H,2,5H2. The second-order valence-corrected chi connectivity index (χ2v) is 7.77. The van der Waals surface area contributed by atoms with Crippen molar-refractivity contribution in [1.82, 2.24) is 0 Å². The Kier molecular flexibility index (Phi) is 4.43. The molecule has 142 valence electrons. The van der Waals surface area contributed by atoms with Crippen LogP contribution in [0.2, 0.25) is 0 Å². The van der Waals surface area contributed by atoms with Crippen LogP contribution < -0.4 is 9.80 Å². The summed E-state index contributed by atoms with van der Waals surface area (Å²) < 4.78 is 40.9. The number of halogens is 4. The van der Waals surface area contributed by atoms with Gasteiger partial charge in [0.25, 0.3) is 5.91 Å². The van der Waals surface area contributed by atoms with E-state index in [2.05, 4.69) is 15.9 Å². The zero-order valence-electron chi connectivity index (χ0n) is 14.1. The normalized spacial score (nSPS) is 18.8. The van der Waals surface area contributed by atoms with Gasteiger partial charge in [0.15, 0.2) is 5.11 Å². The first kappa shape index (κ1) is 18.9.